The van der Waals surface area contributed by atoms with Gasteiger partial charge in [0.1, 0.15) is 24.0 Å². The van der Waals surface area contributed by atoms with Crippen LogP contribution in [0, 0.1) is 0 Å². The van der Waals surface area contributed by atoms with Crippen molar-refractivity contribution in [1.29, 1.82) is 0 Å². The molecule has 0 aliphatic carbocycles. The fraction of sp³-hybridized carbons (Fsp3) is 0.462. The standard InChI is InChI=1S/C13H17ClO6/c1-18-5-6-19-7-9(15)8-20-11-4-2-3-10(14)12(11)13(16)17/h2-4,9,15H,5-8H2,1H3,(H,16,17). The molecular weight excluding hydrogens is 288 g/mol. The number of aromatic carboxylic acids is 1. The van der Waals surface area contributed by atoms with Gasteiger partial charge in [0.25, 0.3) is 0 Å². The third-order valence-electron chi connectivity index (χ3n) is 2.36. The molecule has 2 N–H and O–H groups in total. The van der Waals surface area contributed by atoms with Crippen molar-refractivity contribution in [2.24, 2.45) is 0 Å². The zero-order valence-electron chi connectivity index (χ0n) is 11.0. The summed E-state index contributed by atoms with van der Waals surface area (Å²) in [4.78, 5) is 11.1. The number of methoxy groups -OCH3 is 1. The lowest BCUT2D eigenvalue weighted by molar-refractivity contribution is -0.00438. The number of benzene rings is 1. The van der Waals surface area contributed by atoms with E-state index in [-0.39, 0.29) is 29.5 Å². The zero-order chi connectivity index (χ0) is 15.0. The van der Waals surface area contributed by atoms with Crippen LogP contribution in [-0.4, -0.2) is 55.8 Å². The molecule has 0 saturated heterocycles. The van der Waals surface area contributed by atoms with Crippen LogP contribution in [0.2, 0.25) is 5.02 Å². The van der Waals surface area contributed by atoms with Gasteiger partial charge in [0.2, 0.25) is 0 Å². The molecule has 1 aromatic rings. The van der Waals surface area contributed by atoms with Crippen LogP contribution in [0.25, 0.3) is 0 Å². The SMILES string of the molecule is COCCOCC(O)COc1cccc(Cl)c1C(=O)O. The van der Waals surface area contributed by atoms with E-state index in [2.05, 4.69) is 0 Å². The van der Waals surface area contributed by atoms with Gasteiger partial charge < -0.3 is 24.4 Å². The average molecular weight is 305 g/mol. The Hall–Kier alpha value is -1.34. The van der Waals surface area contributed by atoms with E-state index in [9.17, 15) is 9.90 Å². The largest absolute Gasteiger partial charge is 0.490 e. The first-order valence-corrected chi connectivity index (χ1v) is 6.33. The molecule has 7 heteroatoms. The third-order valence-corrected chi connectivity index (χ3v) is 2.68. The molecule has 0 heterocycles. The molecule has 0 aliphatic heterocycles. The summed E-state index contributed by atoms with van der Waals surface area (Å²) in [6.07, 6.45) is -0.868. The summed E-state index contributed by atoms with van der Waals surface area (Å²) >= 11 is 5.80. The Morgan fingerprint density at radius 2 is 2.10 bits per heavy atom. The molecule has 6 nitrogen and oxygen atoms in total. The second-order valence-corrected chi connectivity index (χ2v) is 4.36. The van der Waals surface area contributed by atoms with Gasteiger partial charge in [-0.05, 0) is 12.1 Å². The molecule has 0 spiro atoms. The predicted molar refractivity (Wildman–Crippen MR) is 72.6 cm³/mol. The maximum Gasteiger partial charge on any atom is 0.341 e. The van der Waals surface area contributed by atoms with Crippen molar-refractivity contribution in [1.82, 2.24) is 0 Å². The Morgan fingerprint density at radius 3 is 2.75 bits per heavy atom. The normalized spacial score (nSPS) is 12.2. The lowest BCUT2D eigenvalue weighted by Crippen LogP contribution is -2.24. The van der Waals surface area contributed by atoms with E-state index < -0.39 is 12.1 Å². The quantitative estimate of drug-likeness (QED) is 0.672. The summed E-state index contributed by atoms with van der Waals surface area (Å²) in [5.41, 5.74) is -0.123. The van der Waals surface area contributed by atoms with Crippen LogP contribution in [0.5, 0.6) is 5.75 Å². The van der Waals surface area contributed by atoms with E-state index >= 15 is 0 Å². The minimum absolute atomic E-state index is 0.0757. The van der Waals surface area contributed by atoms with Crippen LogP contribution >= 0.6 is 11.6 Å². The van der Waals surface area contributed by atoms with E-state index in [4.69, 9.17) is 30.9 Å². The Balaban J connectivity index is 2.49. The maximum atomic E-state index is 11.1. The van der Waals surface area contributed by atoms with Crippen LogP contribution in [0.3, 0.4) is 0 Å². The second-order valence-electron chi connectivity index (χ2n) is 3.95. The van der Waals surface area contributed by atoms with Gasteiger partial charge in [0, 0.05) is 7.11 Å². The molecule has 0 saturated carbocycles. The zero-order valence-corrected chi connectivity index (χ0v) is 11.8. The minimum atomic E-state index is -1.18. The van der Waals surface area contributed by atoms with Gasteiger partial charge >= 0.3 is 5.97 Å². The number of ether oxygens (including phenoxy) is 3. The number of aliphatic hydroxyl groups is 1. The monoisotopic (exact) mass is 304 g/mol. The molecule has 0 aromatic heterocycles. The maximum absolute atomic E-state index is 11.1. The van der Waals surface area contributed by atoms with Crippen LogP contribution in [-0.2, 0) is 9.47 Å². The molecule has 0 fully saturated rings. The van der Waals surface area contributed by atoms with Crippen LogP contribution in [0.1, 0.15) is 10.4 Å². The van der Waals surface area contributed by atoms with Crippen molar-refractivity contribution in [3.05, 3.63) is 28.8 Å². The van der Waals surface area contributed by atoms with Crippen LogP contribution in [0.4, 0.5) is 0 Å². The highest BCUT2D eigenvalue weighted by Crippen LogP contribution is 2.26. The topological polar surface area (TPSA) is 85.2 Å². The molecule has 0 aliphatic rings. The highest BCUT2D eigenvalue weighted by molar-refractivity contribution is 6.33. The van der Waals surface area contributed by atoms with Crippen LogP contribution < -0.4 is 4.74 Å². The Bertz CT molecular complexity index is 437. The Labute approximate surface area is 121 Å². The lowest BCUT2D eigenvalue weighted by atomic mass is 10.2. The number of carboxylic acids is 1. The number of hydrogen-bond acceptors (Lipinski definition) is 5. The molecule has 0 radical (unpaired) electrons. The number of carboxylic acid groups (broad SMARTS) is 1. The van der Waals surface area contributed by atoms with Gasteiger partial charge in [-0.15, -0.1) is 0 Å². The van der Waals surface area contributed by atoms with Gasteiger partial charge in [-0.25, -0.2) is 4.79 Å². The predicted octanol–water partition coefficient (Wildman–Crippen LogP) is 1.44. The molecule has 0 amide bonds. The Kier molecular flexibility index (Phi) is 7.32. The number of rotatable bonds is 9. The molecule has 112 valence electrons. The van der Waals surface area contributed by atoms with E-state index in [1.54, 1.807) is 13.2 Å². The van der Waals surface area contributed by atoms with Crippen LogP contribution in [0.15, 0.2) is 18.2 Å². The summed E-state index contributed by atoms with van der Waals surface area (Å²) in [5.74, 6) is -1.07. The summed E-state index contributed by atoms with van der Waals surface area (Å²) in [6.45, 7) is 0.788. The third kappa shape index (κ3) is 5.34. The Morgan fingerprint density at radius 1 is 1.35 bits per heavy atom. The number of carbonyl (C=O) groups is 1. The van der Waals surface area contributed by atoms with Gasteiger partial charge in [0.15, 0.2) is 0 Å². The van der Waals surface area contributed by atoms with Crippen molar-refractivity contribution in [3.8, 4) is 5.75 Å². The molecule has 1 atom stereocenters. The fourth-order valence-electron chi connectivity index (χ4n) is 1.43. The van der Waals surface area contributed by atoms with Gasteiger partial charge in [-0.2, -0.15) is 0 Å². The molecule has 0 bridgehead atoms. The molecular formula is C13H17ClO6. The van der Waals surface area contributed by atoms with Gasteiger partial charge in [-0.1, -0.05) is 17.7 Å². The van der Waals surface area contributed by atoms with E-state index in [0.717, 1.165) is 0 Å². The minimum Gasteiger partial charge on any atom is -0.490 e. The van der Waals surface area contributed by atoms with Crippen molar-refractivity contribution in [3.63, 3.8) is 0 Å². The first-order valence-electron chi connectivity index (χ1n) is 5.95. The first-order chi connectivity index (χ1) is 9.56. The van der Waals surface area contributed by atoms with E-state index in [1.165, 1.54) is 12.1 Å². The summed E-state index contributed by atoms with van der Waals surface area (Å²) < 4.78 is 15.2. The van der Waals surface area contributed by atoms with Crippen molar-refractivity contribution >= 4 is 17.6 Å². The van der Waals surface area contributed by atoms with Gasteiger partial charge in [0.05, 0.1) is 24.8 Å². The summed E-state index contributed by atoms with van der Waals surface area (Å²) in [6, 6.07) is 4.52. The molecule has 1 aromatic carbocycles. The summed E-state index contributed by atoms with van der Waals surface area (Å²) in [7, 11) is 1.55. The molecule has 1 rings (SSSR count). The summed E-state index contributed by atoms with van der Waals surface area (Å²) in [5, 5.41) is 18.8. The molecule has 20 heavy (non-hydrogen) atoms. The average Bonchev–Trinajstić information content (AvgIpc) is 2.41. The van der Waals surface area contributed by atoms with Crippen molar-refractivity contribution in [2.75, 3.05) is 33.5 Å². The van der Waals surface area contributed by atoms with Gasteiger partial charge in [-0.3, -0.25) is 0 Å². The smallest absolute Gasteiger partial charge is 0.341 e. The highest BCUT2D eigenvalue weighted by Gasteiger charge is 2.16. The lowest BCUT2D eigenvalue weighted by Gasteiger charge is -2.14. The number of aliphatic hydroxyl groups excluding tert-OH is 1. The number of hydrogen-bond donors (Lipinski definition) is 2. The molecule has 1 unspecified atom stereocenters. The van der Waals surface area contributed by atoms with Crippen molar-refractivity contribution < 1.29 is 29.2 Å². The highest BCUT2D eigenvalue weighted by atomic mass is 35.5. The van der Waals surface area contributed by atoms with Crippen molar-refractivity contribution in [2.45, 2.75) is 6.10 Å². The van der Waals surface area contributed by atoms with E-state index in [0.29, 0.717) is 13.2 Å². The van der Waals surface area contributed by atoms with E-state index in [1.807, 2.05) is 0 Å². The first kappa shape index (κ1) is 16.7. The second kappa shape index (κ2) is 8.76. The fourth-order valence-corrected chi connectivity index (χ4v) is 1.67. The number of halogens is 1.